The fraction of sp³-hybridized carbons (Fsp3) is 0.588. The van der Waals surface area contributed by atoms with Crippen molar-refractivity contribution in [2.75, 3.05) is 17.6 Å². The molecule has 0 aromatic heterocycles. The van der Waals surface area contributed by atoms with E-state index in [0.717, 1.165) is 50.1 Å². The van der Waals surface area contributed by atoms with Crippen LogP contribution >= 0.6 is 22.6 Å². The number of allylic oxidation sites excluding steroid dienone is 1. The number of nitrogens with zero attached hydrogens (tertiary/aromatic N) is 3. The molecule has 0 saturated carbocycles. The summed E-state index contributed by atoms with van der Waals surface area (Å²) in [6.45, 7) is 6.95. The molecule has 2 rings (SSSR count). The van der Waals surface area contributed by atoms with Crippen LogP contribution in [-0.2, 0) is 22.7 Å². The van der Waals surface area contributed by atoms with Gasteiger partial charge in [0, 0.05) is 28.6 Å². The van der Waals surface area contributed by atoms with Crippen molar-refractivity contribution in [3.8, 4) is 0 Å². The average Bonchev–Trinajstić information content (AvgIpc) is 3.00. The van der Waals surface area contributed by atoms with Crippen LogP contribution in [0.3, 0.4) is 0 Å². The van der Waals surface area contributed by atoms with Crippen molar-refractivity contribution < 1.29 is 9.47 Å². The van der Waals surface area contributed by atoms with Crippen molar-refractivity contribution in [1.82, 2.24) is 0 Å². The van der Waals surface area contributed by atoms with E-state index in [0.29, 0.717) is 0 Å². The summed E-state index contributed by atoms with van der Waals surface area (Å²) in [5.74, 6) is 0. The van der Waals surface area contributed by atoms with Crippen LogP contribution < -0.4 is 0 Å². The number of unbranched alkanes of at least 4 members (excludes halogenated alkanes) is 11. The van der Waals surface area contributed by atoms with Crippen LogP contribution in [-0.4, -0.2) is 23.7 Å². The van der Waals surface area contributed by atoms with E-state index in [2.05, 4.69) is 75.6 Å². The van der Waals surface area contributed by atoms with Gasteiger partial charge in [-0.25, -0.2) is 0 Å². The van der Waals surface area contributed by atoms with Gasteiger partial charge in [-0.2, -0.15) is 0 Å². The van der Waals surface area contributed by atoms with E-state index in [1.807, 2.05) is 30.3 Å². The van der Waals surface area contributed by atoms with Gasteiger partial charge in [0.05, 0.1) is 13.2 Å². The number of rotatable bonds is 24. The fourth-order valence-electron chi connectivity index (χ4n) is 4.26. The summed E-state index contributed by atoms with van der Waals surface area (Å²) in [4.78, 5) is 2.89. The Morgan fingerprint density at radius 3 is 1.60 bits per heavy atom. The number of azide groups is 1. The molecule has 1 atom stereocenters. The largest absolute Gasteiger partial charge is 0.377 e. The van der Waals surface area contributed by atoms with Crippen LogP contribution in [0.4, 0.5) is 0 Å². The van der Waals surface area contributed by atoms with Crippen molar-refractivity contribution in [3.63, 3.8) is 0 Å². The Morgan fingerprint density at radius 1 is 0.700 bits per heavy atom. The number of ether oxygens (including phenoxy) is 2. The number of benzene rings is 2. The quantitative estimate of drug-likeness (QED) is 0.0214. The molecule has 2 aromatic carbocycles. The molecule has 0 spiro atoms. The molecule has 2 aromatic rings. The van der Waals surface area contributed by atoms with Crippen molar-refractivity contribution in [3.05, 3.63) is 94.9 Å². The highest BCUT2D eigenvalue weighted by Gasteiger charge is 2.03. The van der Waals surface area contributed by atoms with E-state index in [1.165, 1.54) is 81.8 Å². The Hall–Kier alpha value is -1.86. The first-order valence-corrected chi connectivity index (χ1v) is 16.8. The lowest BCUT2D eigenvalue weighted by molar-refractivity contribution is 0.116. The third-order valence-corrected chi connectivity index (χ3v) is 7.66. The molecular formula is C34H52IN3O2. The molecule has 6 heteroatoms. The van der Waals surface area contributed by atoms with Crippen LogP contribution in [0, 0.1) is 0 Å². The van der Waals surface area contributed by atoms with Gasteiger partial charge in [-0.05, 0) is 48.8 Å². The minimum atomic E-state index is 0.178. The van der Waals surface area contributed by atoms with Gasteiger partial charge in [0.1, 0.15) is 0 Å². The van der Waals surface area contributed by atoms with Crippen molar-refractivity contribution in [2.24, 2.45) is 5.11 Å². The second kappa shape index (κ2) is 28.7. The highest BCUT2D eigenvalue weighted by Crippen LogP contribution is 2.13. The standard InChI is InChI=1S/C17H26IN3O.C17H26O/c18-14-17(20-21-19)12-8-3-1-2-4-9-13-22-15-16-10-6-5-7-11-16;1-2-3-4-5-6-7-8-12-15-18-16-17-13-10-9-11-14-17/h5-7,10-11,17H,1-4,8-9,12-15H2;2,9-11,13-14H,1,3-8,12,15-16H2. The molecule has 40 heavy (non-hydrogen) atoms. The predicted molar refractivity (Wildman–Crippen MR) is 179 cm³/mol. The van der Waals surface area contributed by atoms with Gasteiger partial charge in [0.25, 0.3) is 0 Å². The first-order chi connectivity index (χ1) is 19.8. The molecule has 0 bridgehead atoms. The molecule has 0 N–H and O–H groups in total. The summed E-state index contributed by atoms with van der Waals surface area (Å²) in [5.41, 5.74) is 10.9. The molecule has 0 aliphatic carbocycles. The minimum Gasteiger partial charge on any atom is -0.377 e. The Labute approximate surface area is 257 Å². The Bertz CT molecular complexity index is 860. The summed E-state index contributed by atoms with van der Waals surface area (Å²) in [7, 11) is 0. The molecule has 0 fully saturated rings. The number of halogens is 1. The monoisotopic (exact) mass is 661 g/mol. The van der Waals surface area contributed by atoms with Crippen molar-refractivity contribution in [1.29, 1.82) is 0 Å². The lowest BCUT2D eigenvalue weighted by Gasteiger charge is -2.07. The topological polar surface area (TPSA) is 67.2 Å². The fourth-order valence-corrected chi connectivity index (χ4v) is 4.87. The number of hydrogen-bond donors (Lipinski definition) is 0. The lowest BCUT2D eigenvalue weighted by Crippen LogP contribution is -2.04. The highest BCUT2D eigenvalue weighted by molar-refractivity contribution is 14.1. The third kappa shape index (κ3) is 22.9. The van der Waals surface area contributed by atoms with Crippen molar-refractivity contribution >= 4 is 22.6 Å². The Kier molecular flexibility index (Phi) is 25.9. The van der Waals surface area contributed by atoms with Crippen LogP contribution in [0.25, 0.3) is 10.4 Å². The summed E-state index contributed by atoms with van der Waals surface area (Å²) in [5, 5.41) is 3.79. The van der Waals surface area contributed by atoms with Gasteiger partial charge in [0.15, 0.2) is 0 Å². The van der Waals surface area contributed by atoms with Gasteiger partial charge in [-0.3, -0.25) is 0 Å². The van der Waals surface area contributed by atoms with E-state index in [9.17, 15) is 0 Å². The van der Waals surface area contributed by atoms with Gasteiger partial charge in [0.2, 0.25) is 0 Å². The average molecular weight is 662 g/mol. The molecule has 0 radical (unpaired) electrons. The van der Waals surface area contributed by atoms with Gasteiger partial charge in [-0.1, -0.05) is 152 Å². The molecule has 0 heterocycles. The van der Waals surface area contributed by atoms with Crippen LogP contribution in [0.1, 0.15) is 101 Å². The molecule has 0 aliphatic rings. The zero-order valence-electron chi connectivity index (χ0n) is 24.6. The van der Waals surface area contributed by atoms with Crippen LogP contribution in [0.15, 0.2) is 78.4 Å². The molecule has 5 nitrogen and oxygen atoms in total. The lowest BCUT2D eigenvalue weighted by atomic mass is 10.1. The zero-order chi connectivity index (χ0) is 28.8. The smallest absolute Gasteiger partial charge is 0.0716 e. The normalized spacial score (nSPS) is 11.2. The summed E-state index contributed by atoms with van der Waals surface area (Å²) in [6, 6.07) is 20.9. The van der Waals surface area contributed by atoms with E-state index in [4.69, 9.17) is 15.0 Å². The van der Waals surface area contributed by atoms with Gasteiger partial charge in [-0.15, -0.1) is 6.58 Å². The summed E-state index contributed by atoms with van der Waals surface area (Å²) >= 11 is 2.29. The van der Waals surface area contributed by atoms with Crippen LogP contribution in [0.5, 0.6) is 0 Å². The molecule has 222 valence electrons. The molecule has 0 amide bonds. The maximum absolute atomic E-state index is 8.43. The van der Waals surface area contributed by atoms with Crippen molar-refractivity contribution in [2.45, 2.75) is 109 Å². The second-order valence-corrected chi connectivity index (χ2v) is 11.1. The van der Waals surface area contributed by atoms with E-state index < -0.39 is 0 Å². The van der Waals surface area contributed by atoms with Crippen LogP contribution in [0.2, 0.25) is 0 Å². The third-order valence-electron chi connectivity index (χ3n) is 6.64. The maximum Gasteiger partial charge on any atom is 0.0716 e. The Balaban J connectivity index is 0.000000408. The Morgan fingerprint density at radius 2 is 1.15 bits per heavy atom. The van der Waals surface area contributed by atoms with Gasteiger partial charge >= 0.3 is 0 Å². The SMILES string of the molecule is C=CCCCCCCCCOCc1ccccc1.[N-]=[N+]=NC(CI)CCCCCCCCOCc1ccccc1. The predicted octanol–water partition coefficient (Wildman–Crippen LogP) is 11.2. The van der Waals surface area contributed by atoms with E-state index >= 15 is 0 Å². The maximum atomic E-state index is 8.43. The zero-order valence-corrected chi connectivity index (χ0v) is 26.8. The molecule has 1 unspecified atom stereocenters. The first kappa shape index (κ1) is 36.2. The van der Waals surface area contributed by atoms with E-state index in [-0.39, 0.29) is 6.04 Å². The van der Waals surface area contributed by atoms with Gasteiger partial charge < -0.3 is 9.47 Å². The first-order valence-electron chi connectivity index (χ1n) is 15.2. The second-order valence-electron chi connectivity index (χ2n) is 10.2. The molecule has 0 aliphatic heterocycles. The molecular weight excluding hydrogens is 609 g/mol. The summed E-state index contributed by atoms with van der Waals surface area (Å²) < 4.78 is 12.2. The minimum absolute atomic E-state index is 0.178. The summed E-state index contributed by atoms with van der Waals surface area (Å²) in [6.07, 6.45) is 19.3. The van der Waals surface area contributed by atoms with E-state index in [1.54, 1.807) is 0 Å². The molecule has 0 saturated heterocycles. The number of alkyl halides is 1. The number of hydrogen-bond acceptors (Lipinski definition) is 3. The highest BCUT2D eigenvalue weighted by atomic mass is 127.